The Morgan fingerprint density at radius 2 is 2.19 bits per heavy atom. The summed E-state index contributed by atoms with van der Waals surface area (Å²) in [4.78, 5) is 18.0. The van der Waals surface area contributed by atoms with Crippen LogP contribution in [0.25, 0.3) is 0 Å². The van der Waals surface area contributed by atoms with Crippen LogP contribution in [0.15, 0.2) is 23.2 Å². The lowest BCUT2D eigenvalue weighted by molar-refractivity contribution is -0.129. The van der Waals surface area contributed by atoms with Gasteiger partial charge in [0.15, 0.2) is 5.96 Å². The van der Waals surface area contributed by atoms with Gasteiger partial charge in [0.05, 0.1) is 6.61 Å². The van der Waals surface area contributed by atoms with Gasteiger partial charge in [0.25, 0.3) is 0 Å². The average molecular weight is 495 g/mol. The van der Waals surface area contributed by atoms with Gasteiger partial charge in [-0.1, -0.05) is 24.6 Å². The van der Waals surface area contributed by atoms with E-state index in [1.807, 2.05) is 36.9 Å². The molecule has 1 atom stereocenters. The van der Waals surface area contributed by atoms with Crippen molar-refractivity contribution in [1.29, 1.82) is 0 Å². The summed E-state index contributed by atoms with van der Waals surface area (Å²) >= 11 is 6.04. The second-order valence-corrected chi connectivity index (χ2v) is 6.37. The molecule has 0 spiro atoms. The van der Waals surface area contributed by atoms with Crippen molar-refractivity contribution in [2.75, 3.05) is 26.7 Å². The topological polar surface area (TPSA) is 66.0 Å². The summed E-state index contributed by atoms with van der Waals surface area (Å²) in [7, 11) is 1.74. The van der Waals surface area contributed by atoms with Crippen LogP contribution in [-0.4, -0.2) is 49.6 Å². The minimum atomic E-state index is 0. The number of likely N-dealkylation sites (tertiary alicyclic amines) is 1. The third-order valence-electron chi connectivity index (χ3n) is 4.18. The van der Waals surface area contributed by atoms with Crippen LogP contribution in [0.2, 0.25) is 5.02 Å². The molecule has 6 nitrogen and oxygen atoms in total. The van der Waals surface area contributed by atoms with E-state index in [1.165, 1.54) is 0 Å². The number of carbonyl (C=O) groups excluding carboxylic acids is 1. The maximum atomic E-state index is 11.8. The van der Waals surface area contributed by atoms with Crippen molar-refractivity contribution < 1.29 is 9.53 Å². The largest absolute Gasteiger partial charge is 0.493 e. The molecular weight excluding hydrogens is 467 g/mol. The van der Waals surface area contributed by atoms with Crippen molar-refractivity contribution in [1.82, 2.24) is 15.5 Å². The number of hydrogen-bond donors (Lipinski definition) is 2. The lowest BCUT2D eigenvalue weighted by Gasteiger charge is -2.19. The summed E-state index contributed by atoms with van der Waals surface area (Å²) in [6.07, 6.45) is 1.48. The number of amides is 1. The quantitative estimate of drug-likeness (QED) is 0.362. The van der Waals surface area contributed by atoms with Gasteiger partial charge < -0.3 is 20.3 Å². The first-order chi connectivity index (χ1) is 12.1. The SMILES string of the molecule is CCOc1cc(Cl)ccc1CNC(=NC)NC1CCN(C(=O)CC)C1.I. The van der Waals surface area contributed by atoms with Gasteiger partial charge in [-0.3, -0.25) is 9.79 Å². The van der Waals surface area contributed by atoms with Crippen LogP contribution in [0.5, 0.6) is 5.75 Å². The van der Waals surface area contributed by atoms with Gasteiger partial charge >= 0.3 is 0 Å². The summed E-state index contributed by atoms with van der Waals surface area (Å²) in [5, 5.41) is 7.34. The van der Waals surface area contributed by atoms with Crippen LogP contribution in [0.4, 0.5) is 0 Å². The molecule has 2 rings (SSSR count). The minimum absolute atomic E-state index is 0. The van der Waals surface area contributed by atoms with Gasteiger partial charge in [-0.2, -0.15) is 0 Å². The lowest BCUT2D eigenvalue weighted by atomic mass is 10.2. The number of halogens is 2. The first kappa shape index (κ1) is 22.8. The van der Waals surface area contributed by atoms with Crippen LogP contribution in [0.1, 0.15) is 32.3 Å². The molecule has 2 N–H and O–H groups in total. The molecule has 0 bridgehead atoms. The van der Waals surface area contributed by atoms with E-state index in [-0.39, 0.29) is 35.9 Å². The van der Waals surface area contributed by atoms with E-state index in [4.69, 9.17) is 16.3 Å². The Bertz CT molecular complexity index is 627. The molecule has 1 saturated heterocycles. The molecule has 1 aliphatic heterocycles. The van der Waals surface area contributed by atoms with Crippen molar-refractivity contribution >= 4 is 47.4 Å². The van der Waals surface area contributed by atoms with Crippen LogP contribution in [0.3, 0.4) is 0 Å². The first-order valence-corrected chi connectivity index (χ1v) is 9.11. The average Bonchev–Trinajstić information content (AvgIpc) is 3.08. The van der Waals surface area contributed by atoms with E-state index in [1.54, 1.807) is 7.05 Å². The van der Waals surface area contributed by atoms with Gasteiger partial charge in [-0.15, -0.1) is 24.0 Å². The van der Waals surface area contributed by atoms with E-state index in [0.29, 0.717) is 30.6 Å². The molecule has 1 fully saturated rings. The Morgan fingerprint density at radius 3 is 2.85 bits per heavy atom. The number of carbonyl (C=O) groups is 1. The van der Waals surface area contributed by atoms with Gasteiger partial charge in [-0.25, -0.2) is 0 Å². The predicted octanol–water partition coefficient (Wildman–Crippen LogP) is 3.03. The lowest BCUT2D eigenvalue weighted by Crippen LogP contribution is -2.44. The third-order valence-corrected chi connectivity index (χ3v) is 4.42. The van der Waals surface area contributed by atoms with Crippen molar-refractivity contribution in [3.8, 4) is 5.75 Å². The van der Waals surface area contributed by atoms with Gasteiger partial charge in [0, 0.05) is 49.7 Å². The van der Waals surface area contributed by atoms with Crippen molar-refractivity contribution in [3.05, 3.63) is 28.8 Å². The van der Waals surface area contributed by atoms with Crippen molar-refractivity contribution in [2.45, 2.75) is 39.3 Å². The number of benzene rings is 1. The summed E-state index contributed by atoms with van der Waals surface area (Å²) in [5.74, 6) is 1.70. The fourth-order valence-corrected chi connectivity index (χ4v) is 3.02. The summed E-state index contributed by atoms with van der Waals surface area (Å²) in [5.41, 5.74) is 1.02. The zero-order chi connectivity index (χ0) is 18.2. The Hall–Kier alpha value is -1.22. The number of ether oxygens (including phenoxy) is 1. The Balaban J connectivity index is 0.00000338. The maximum absolute atomic E-state index is 11.8. The van der Waals surface area contributed by atoms with Crippen molar-refractivity contribution in [3.63, 3.8) is 0 Å². The second kappa shape index (κ2) is 11.5. The van der Waals surface area contributed by atoms with E-state index in [0.717, 1.165) is 30.8 Å². The minimum Gasteiger partial charge on any atom is -0.493 e. The summed E-state index contributed by atoms with van der Waals surface area (Å²) in [6.45, 7) is 6.53. The third kappa shape index (κ3) is 6.50. The Kier molecular flexibility index (Phi) is 10.1. The molecule has 0 aromatic heterocycles. The van der Waals surface area contributed by atoms with Gasteiger partial charge in [0.2, 0.25) is 5.91 Å². The van der Waals surface area contributed by atoms with E-state index >= 15 is 0 Å². The Labute approximate surface area is 177 Å². The number of hydrogen-bond acceptors (Lipinski definition) is 3. The second-order valence-electron chi connectivity index (χ2n) is 5.93. The number of nitrogens with zero attached hydrogens (tertiary/aromatic N) is 2. The number of nitrogens with one attached hydrogen (secondary N) is 2. The van der Waals surface area contributed by atoms with E-state index in [2.05, 4.69) is 15.6 Å². The molecule has 26 heavy (non-hydrogen) atoms. The molecule has 0 radical (unpaired) electrons. The zero-order valence-corrected chi connectivity index (χ0v) is 18.6. The van der Waals surface area contributed by atoms with Gasteiger partial charge in [0.1, 0.15) is 5.75 Å². The highest BCUT2D eigenvalue weighted by Crippen LogP contribution is 2.23. The first-order valence-electron chi connectivity index (χ1n) is 8.73. The maximum Gasteiger partial charge on any atom is 0.222 e. The normalized spacial score (nSPS) is 16.8. The molecule has 0 aliphatic carbocycles. The highest BCUT2D eigenvalue weighted by molar-refractivity contribution is 14.0. The zero-order valence-electron chi connectivity index (χ0n) is 15.5. The number of aliphatic imine (C=N–C) groups is 1. The predicted molar refractivity (Wildman–Crippen MR) is 117 cm³/mol. The Morgan fingerprint density at radius 1 is 1.42 bits per heavy atom. The molecule has 0 saturated carbocycles. The molecule has 1 heterocycles. The summed E-state index contributed by atoms with van der Waals surface area (Å²) in [6, 6.07) is 5.84. The van der Waals surface area contributed by atoms with Crippen LogP contribution in [-0.2, 0) is 11.3 Å². The summed E-state index contributed by atoms with van der Waals surface area (Å²) < 4.78 is 5.64. The number of rotatable bonds is 6. The molecule has 146 valence electrons. The van der Waals surface area contributed by atoms with E-state index in [9.17, 15) is 4.79 Å². The standard InChI is InChI=1S/C18H27ClN4O2.HI/c1-4-17(24)23-9-8-15(12-23)22-18(20-3)21-11-13-6-7-14(19)10-16(13)25-5-2;/h6-7,10,15H,4-5,8-9,11-12H2,1-3H3,(H2,20,21,22);1H. The molecular formula is C18H28ClIN4O2. The smallest absolute Gasteiger partial charge is 0.222 e. The fraction of sp³-hybridized carbons (Fsp3) is 0.556. The monoisotopic (exact) mass is 494 g/mol. The van der Waals surface area contributed by atoms with Gasteiger partial charge in [-0.05, 0) is 25.5 Å². The molecule has 8 heteroatoms. The van der Waals surface area contributed by atoms with Crippen LogP contribution < -0.4 is 15.4 Å². The molecule has 1 aliphatic rings. The highest BCUT2D eigenvalue weighted by atomic mass is 127. The van der Waals surface area contributed by atoms with Crippen LogP contribution in [0, 0.1) is 0 Å². The molecule has 1 aromatic rings. The molecule has 1 unspecified atom stereocenters. The molecule has 1 amide bonds. The van der Waals surface area contributed by atoms with Crippen LogP contribution >= 0.6 is 35.6 Å². The van der Waals surface area contributed by atoms with Crippen molar-refractivity contribution in [2.24, 2.45) is 4.99 Å². The molecule has 1 aromatic carbocycles. The van der Waals surface area contributed by atoms with E-state index < -0.39 is 0 Å². The highest BCUT2D eigenvalue weighted by Gasteiger charge is 2.25. The fourth-order valence-electron chi connectivity index (χ4n) is 2.86. The number of guanidine groups is 1.